The minimum Gasteiger partial charge on any atom is -0.180 e. The number of hydrogen-bond donors (Lipinski definition) is 0. The van der Waals surface area contributed by atoms with Crippen LogP contribution in [0.15, 0.2) is 10.2 Å². The molecule has 0 radical (unpaired) electrons. The van der Waals surface area contributed by atoms with Crippen molar-refractivity contribution in [3.8, 4) is 0 Å². The topological polar surface area (TPSA) is 24.7 Å². The minimum atomic E-state index is 0.271. The van der Waals surface area contributed by atoms with E-state index in [0.717, 1.165) is 16.3 Å². The first kappa shape index (κ1) is 12.9. The third-order valence-corrected chi connectivity index (χ3v) is 4.01. The van der Waals surface area contributed by atoms with E-state index in [4.69, 9.17) is 0 Å². The van der Waals surface area contributed by atoms with E-state index in [0.29, 0.717) is 11.8 Å². The fourth-order valence-electron chi connectivity index (χ4n) is 2.49. The summed E-state index contributed by atoms with van der Waals surface area (Å²) in [6, 6.07) is 0. The first-order valence-electron chi connectivity index (χ1n) is 5.71. The van der Waals surface area contributed by atoms with E-state index >= 15 is 0 Å². The summed E-state index contributed by atoms with van der Waals surface area (Å²) >= 11 is 1.02. The van der Waals surface area contributed by atoms with Gasteiger partial charge >= 0.3 is 0 Å². The molecule has 2 nitrogen and oxygen atoms in total. The highest BCUT2D eigenvalue weighted by molar-refractivity contribution is 6.60. The van der Waals surface area contributed by atoms with Crippen LogP contribution in [-0.2, 0) is 0 Å². The van der Waals surface area contributed by atoms with E-state index < -0.39 is 0 Å². The van der Waals surface area contributed by atoms with E-state index in [9.17, 15) is 0 Å². The van der Waals surface area contributed by atoms with Crippen molar-refractivity contribution in [2.24, 2.45) is 32.9 Å². The maximum absolute atomic E-state index is 4.29. The molecule has 0 fully saturated rings. The van der Waals surface area contributed by atoms with Gasteiger partial charge < -0.3 is 0 Å². The molecule has 0 saturated heterocycles. The second-order valence-corrected chi connectivity index (χ2v) is 7.77. The van der Waals surface area contributed by atoms with Crippen LogP contribution in [0.25, 0.3) is 0 Å². The van der Waals surface area contributed by atoms with Gasteiger partial charge in [0.15, 0.2) is 0 Å². The third kappa shape index (κ3) is 2.92. The van der Waals surface area contributed by atoms with Gasteiger partial charge in [-0.2, -0.15) is 10.2 Å². The molecule has 3 heteroatoms. The van der Waals surface area contributed by atoms with Crippen molar-refractivity contribution in [1.82, 2.24) is 0 Å². The summed E-state index contributed by atoms with van der Waals surface area (Å²) in [5, 5.41) is 8.46. The molecule has 2 atom stereocenters. The van der Waals surface area contributed by atoms with Crippen molar-refractivity contribution in [1.29, 1.82) is 0 Å². The van der Waals surface area contributed by atoms with Crippen LogP contribution < -0.4 is 0 Å². The molecule has 1 rings (SSSR count). The van der Waals surface area contributed by atoms with Crippen LogP contribution in [-0.4, -0.2) is 27.1 Å². The summed E-state index contributed by atoms with van der Waals surface area (Å²) in [6.07, 6.45) is 2.05. The zero-order chi connectivity index (χ0) is 11.9. The predicted octanol–water partition coefficient (Wildman–Crippen LogP) is 2.34. The minimum absolute atomic E-state index is 0.271. The average Bonchev–Trinajstić information content (AvgIpc) is 1.99. The second-order valence-electron chi connectivity index (χ2n) is 6.74. The molecule has 0 aromatic rings. The first-order chi connectivity index (χ1) is 6.64. The highest BCUT2D eigenvalue weighted by Gasteiger charge is 2.40. The molecule has 0 aromatic heterocycles. The lowest BCUT2D eigenvalue weighted by atomic mass is 9.65. The first-order valence-corrected chi connectivity index (χ1v) is 6.71. The van der Waals surface area contributed by atoms with E-state index in [2.05, 4.69) is 58.0 Å². The Hall–Kier alpha value is -0.128. The van der Waals surface area contributed by atoms with Gasteiger partial charge in [-0.25, -0.2) is 0 Å². The van der Waals surface area contributed by atoms with Gasteiger partial charge in [0.25, 0.3) is 16.3 Å². The SMILES string of the molecule is CC(C)(C)C1C=NN=[C]([AlH2])C1C(C)(C)C. The monoisotopic (exact) mass is 222 g/mol. The lowest BCUT2D eigenvalue weighted by Crippen LogP contribution is -2.43. The van der Waals surface area contributed by atoms with Crippen molar-refractivity contribution in [2.45, 2.75) is 41.5 Å². The van der Waals surface area contributed by atoms with Crippen LogP contribution in [0, 0.1) is 22.7 Å². The molecule has 1 heterocycles. The highest BCUT2D eigenvalue weighted by atomic mass is 27.0. The Morgan fingerprint density at radius 3 is 1.93 bits per heavy atom. The fraction of sp³-hybridized carbons (Fsp3) is 0.833. The van der Waals surface area contributed by atoms with Gasteiger partial charge in [0, 0.05) is 12.1 Å². The van der Waals surface area contributed by atoms with Gasteiger partial charge in [-0.05, 0) is 21.3 Å². The molecule has 1 aliphatic rings. The van der Waals surface area contributed by atoms with Gasteiger partial charge in [0.1, 0.15) is 0 Å². The molecular weight excluding hydrogens is 199 g/mol. The largest absolute Gasteiger partial charge is 0.286 e. The second kappa shape index (κ2) is 4.03. The Morgan fingerprint density at radius 1 is 1.07 bits per heavy atom. The summed E-state index contributed by atoms with van der Waals surface area (Å²) in [7, 11) is 0. The quantitative estimate of drug-likeness (QED) is 0.562. The lowest BCUT2D eigenvalue weighted by Gasteiger charge is -2.43. The number of nitrogens with zero attached hydrogens (tertiary/aromatic N) is 2. The van der Waals surface area contributed by atoms with Crippen molar-refractivity contribution in [2.75, 3.05) is 0 Å². The fourth-order valence-corrected chi connectivity index (χ4v) is 3.83. The molecule has 0 bridgehead atoms. The standard InChI is InChI=1S/C12H21N2.Al.2H/c1-11(2,3)9-7-13-14-8-10(9)12(4,5)6;;;/h7,9-10H,1-6H3;;;. The summed E-state index contributed by atoms with van der Waals surface area (Å²) in [4.78, 5) is 0. The Morgan fingerprint density at radius 2 is 1.60 bits per heavy atom. The lowest BCUT2D eigenvalue weighted by molar-refractivity contribution is 0.175. The van der Waals surface area contributed by atoms with Crippen LogP contribution in [0.1, 0.15) is 41.5 Å². The van der Waals surface area contributed by atoms with Crippen LogP contribution in [0.4, 0.5) is 0 Å². The number of rotatable bonds is 0. The van der Waals surface area contributed by atoms with Crippen molar-refractivity contribution >= 4 is 27.1 Å². The van der Waals surface area contributed by atoms with Crippen molar-refractivity contribution in [3.05, 3.63) is 0 Å². The van der Waals surface area contributed by atoms with Gasteiger partial charge in [-0.1, -0.05) is 41.5 Å². The average molecular weight is 222 g/mol. The third-order valence-electron chi connectivity index (χ3n) is 3.18. The van der Waals surface area contributed by atoms with Gasteiger partial charge in [0.2, 0.25) is 0 Å². The Balaban J connectivity index is 3.08. The highest BCUT2D eigenvalue weighted by Crippen LogP contribution is 2.41. The molecule has 0 amide bonds. The molecule has 0 aliphatic carbocycles. The van der Waals surface area contributed by atoms with Crippen LogP contribution in [0.5, 0.6) is 0 Å². The molecule has 0 N–H and O–H groups in total. The van der Waals surface area contributed by atoms with Crippen LogP contribution in [0.2, 0.25) is 0 Å². The molecule has 0 saturated carbocycles. The molecular formula is C12H23AlN2. The Labute approximate surface area is 102 Å². The van der Waals surface area contributed by atoms with E-state index in [1.165, 1.54) is 4.57 Å². The van der Waals surface area contributed by atoms with Crippen LogP contribution in [0.3, 0.4) is 0 Å². The summed E-state index contributed by atoms with van der Waals surface area (Å²) in [6.45, 7) is 13.8. The molecule has 1 aliphatic heterocycles. The molecule has 0 aromatic carbocycles. The summed E-state index contributed by atoms with van der Waals surface area (Å²) in [5.74, 6) is 1.07. The molecule has 2 unspecified atom stereocenters. The molecule has 84 valence electrons. The van der Waals surface area contributed by atoms with Crippen molar-refractivity contribution < 1.29 is 0 Å². The molecule has 0 spiro atoms. The summed E-state index contributed by atoms with van der Waals surface area (Å²) < 4.78 is 1.31. The van der Waals surface area contributed by atoms with Gasteiger partial charge in [-0.15, -0.1) is 0 Å². The van der Waals surface area contributed by atoms with Crippen LogP contribution >= 0.6 is 0 Å². The van der Waals surface area contributed by atoms with E-state index in [1.54, 1.807) is 0 Å². The zero-order valence-electron chi connectivity index (χ0n) is 11.1. The summed E-state index contributed by atoms with van der Waals surface area (Å²) in [5.41, 5.74) is 0.554. The zero-order valence-corrected chi connectivity index (χ0v) is 13.1. The Kier molecular flexibility index (Phi) is 3.48. The van der Waals surface area contributed by atoms with Gasteiger partial charge in [-0.3, -0.25) is 0 Å². The van der Waals surface area contributed by atoms with Crippen molar-refractivity contribution in [3.63, 3.8) is 0 Å². The molecule has 15 heavy (non-hydrogen) atoms. The predicted molar refractivity (Wildman–Crippen MR) is 70.4 cm³/mol. The van der Waals surface area contributed by atoms with Gasteiger partial charge in [0.05, 0.1) is 0 Å². The maximum Gasteiger partial charge on any atom is 0.286 e. The Bertz CT molecular complexity index is 292. The number of hydrogen-bond acceptors (Lipinski definition) is 2. The van der Waals surface area contributed by atoms with E-state index in [1.807, 2.05) is 0 Å². The van der Waals surface area contributed by atoms with E-state index in [-0.39, 0.29) is 10.8 Å². The normalized spacial score (nSPS) is 27.7. The smallest absolute Gasteiger partial charge is 0.180 e. The maximum atomic E-state index is 4.29.